The summed E-state index contributed by atoms with van der Waals surface area (Å²) in [7, 11) is 0. The molecule has 0 unspecified atom stereocenters. The molecule has 1 aliphatic rings. The Morgan fingerprint density at radius 2 is 1.92 bits per heavy atom. The van der Waals surface area contributed by atoms with Crippen molar-refractivity contribution in [2.45, 2.75) is 26.3 Å². The van der Waals surface area contributed by atoms with Crippen LogP contribution in [0.4, 0.5) is 5.82 Å². The van der Waals surface area contributed by atoms with Gasteiger partial charge in [-0.3, -0.25) is 4.90 Å². The molecule has 0 aliphatic carbocycles. The molecule has 25 heavy (non-hydrogen) atoms. The van der Waals surface area contributed by atoms with Crippen molar-refractivity contribution in [3.8, 4) is 0 Å². The number of H-pyrrole nitrogens is 1. The van der Waals surface area contributed by atoms with Gasteiger partial charge in [0.15, 0.2) is 11.5 Å². The van der Waals surface area contributed by atoms with E-state index < -0.39 is 0 Å². The van der Waals surface area contributed by atoms with Gasteiger partial charge in [0.2, 0.25) is 0 Å². The number of nitrogens with zero attached hydrogens (tertiary/aromatic N) is 4. The predicted molar refractivity (Wildman–Crippen MR) is 99.4 cm³/mol. The lowest BCUT2D eigenvalue weighted by molar-refractivity contribution is 0.182. The lowest BCUT2D eigenvalue weighted by atomic mass is 9.96. The number of piperidine rings is 1. The van der Waals surface area contributed by atoms with Crippen molar-refractivity contribution in [2.75, 3.05) is 25.0 Å². The maximum absolute atomic E-state index is 4.34. The Kier molecular flexibility index (Phi) is 4.61. The van der Waals surface area contributed by atoms with Gasteiger partial charge in [-0.2, -0.15) is 0 Å². The molecule has 1 aliphatic heterocycles. The van der Waals surface area contributed by atoms with Crippen molar-refractivity contribution in [1.82, 2.24) is 24.8 Å². The smallest absolute Gasteiger partial charge is 0.182 e. The number of anilines is 1. The van der Waals surface area contributed by atoms with Crippen LogP contribution < -0.4 is 5.32 Å². The maximum Gasteiger partial charge on any atom is 0.182 e. The van der Waals surface area contributed by atoms with Crippen molar-refractivity contribution in [1.29, 1.82) is 0 Å². The van der Waals surface area contributed by atoms with Crippen molar-refractivity contribution >= 4 is 17.0 Å². The summed E-state index contributed by atoms with van der Waals surface area (Å²) < 4.78 is 0. The van der Waals surface area contributed by atoms with Gasteiger partial charge in [0.1, 0.15) is 11.8 Å². The van der Waals surface area contributed by atoms with Gasteiger partial charge in [0.05, 0.1) is 6.33 Å². The van der Waals surface area contributed by atoms with Crippen LogP contribution in [0.2, 0.25) is 0 Å². The first-order valence-electron chi connectivity index (χ1n) is 8.94. The maximum atomic E-state index is 4.34. The average molecular weight is 336 g/mol. The number of imidazole rings is 1. The molecule has 1 fully saturated rings. The van der Waals surface area contributed by atoms with Crippen LogP contribution in [0.25, 0.3) is 11.2 Å². The van der Waals surface area contributed by atoms with Crippen LogP contribution in [0.1, 0.15) is 24.0 Å². The molecule has 0 radical (unpaired) electrons. The largest absolute Gasteiger partial charge is 0.368 e. The molecule has 0 bridgehead atoms. The summed E-state index contributed by atoms with van der Waals surface area (Å²) in [5.41, 5.74) is 4.33. The van der Waals surface area contributed by atoms with Crippen molar-refractivity contribution in [3.63, 3.8) is 0 Å². The van der Waals surface area contributed by atoms with E-state index in [4.69, 9.17) is 0 Å². The third-order valence-corrected chi connectivity index (χ3v) is 5.02. The fourth-order valence-electron chi connectivity index (χ4n) is 3.44. The molecule has 2 aromatic heterocycles. The normalized spacial score (nSPS) is 16.4. The van der Waals surface area contributed by atoms with E-state index in [0.29, 0.717) is 11.6 Å². The molecule has 0 amide bonds. The van der Waals surface area contributed by atoms with E-state index in [2.05, 4.69) is 61.3 Å². The summed E-state index contributed by atoms with van der Waals surface area (Å²) >= 11 is 0. The first kappa shape index (κ1) is 16.0. The molecule has 1 saturated heterocycles. The molecular weight excluding hydrogens is 312 g/mol. The Labute approximate surface area is 147 Å². The minimum absolute atomic E-state index is 0.683. The highest BCUT2D eigenvalue weighted by Crippen LogP contribution is 2.21. The number of aryl methyl sites for hydroxylation is 1. The lowest BCUT2D eigenvalue weighted by Crippen LogP contribution is -2.35. The molecular formula is C19H24N6. The van der Waals surface area contributed by atoms with Crippen molar-refractivity contribution < 1.29 is 0 Å². The Hall–Kier alpha value is -2.47. The standard InChI is InChI=1S/C19H24N6/c1-14-2-4-16(5-3-14)11-25-8-6-15(7-9-25)10-20-18-17-19(22-12-21-17)24-13-23-18/h2-5,12-13,15H,6-11H2,1H3,(H2,20,21,22,23,24). The van der Waals surface area contributed by atoms with Gasteiger partial charge in [-0.25, -0.2) is 15.0 Å². The molecule has 0 saturated carbocycles. The van der Waals surface area contributed by atoms with E-state index >= 15 is 0 Å². The summed E-state index contributed by atoms with van der Waals surface area (Å²) in [6.45, 7) is 6.45. The molecule has 130 valence electrons. The van der Waals surface area contributed by atoms with E-state index in [-0.39, 0.29) is 0 Å². The number of fused-ring (bicyclic) bond motifs is 1. The average Bonchev–Trinajstić information content (AvgIpc) is 3.12. The molecule has 3 aromatic rings. The number of nitrogens with one attached hydrogen (secondary N) is 2. The number of hydrogen-bond donors (Lipinski definition) is 2. The van der Waals surface area contributed by atoms with Crippen LogP contribution in [-0.4, -0.2) is 44.5 Å². The summed E-state index contributed by atoms with van der Waals surface area (Å²) in [6, 6.07) is 8.88. The van der Waals surface area contributed by atoms with Gasteiger partial charge >= 0.3 is 0 Å². The van der Waals surface area contributed by atoms with Gasteiger partial charge in [-0.15, -0.1) is 0 Å². The summed E-state index contributed by atoms with van der Waals surface area (Å²) in [4.78, 5) is 18.3. The number of benzene rings is 1. The quantitative estimate of drug-likeness (QED) is 0.749. The molecule has 3 heterocycles. The topological polar surface area (TPSA) is 69.7 Å². The third-order valence-electron chi connectivity index (χ3n) is 5.02. The van der Waals surface area contributed by atoms with Crippen LogP contribution in [0.15, 0.2) is 36.9 Å². The Balaban J connectivity index is 1.27. The molecule has 6 heteroatoms. The van der Waals surface area contributed by atoms with Crippen LogP contribution in [-0.2, 0) is 6.54 Å². The first-order valence-corrected chi connectivity index (χ1v) is 8.94. The number of rotatable bonds is 5. The van der Waals surface area contributed by atoms with Gasteiger partial charge in [-0.1, -0.05) is 29.8 Å². The molecule has 0 spiro atoms. The Morgan fingerprint density at radius 1 is 1.12 bits per heavy atom. The number of aromatic amines is 1. The van der Waals surface area contributed by atoms with E-state index in [9.17, 15) is 0 Å². The highest BCUT2D eigenvalue weighted by atomic mass is 15.1. The Morgan fingerprint density at radius 3 is 2.72 bits per heavy atom. The molecule has 6 nitrogen and oxygen atoms in total. The first-order chi connectivity index (χ1) is 12.3. The molecule has 4 rings (SSSR count). The highest BCUT2D eigenvalue weighted by molar-refractivity contribution is 5.81. The van der Waals surface area contributed by atoms with Gasteiger partial charge in [-0.05, 0) is 44.3 Å². The second-order valence-electron chi connectivity index (χ2n) is 6.91. The van der Waals surface area contributed by atoms with Crippen LogP contribution in [0, 0.1) is 12.8 Å². The third kappa shape index (κ3) is 3.79. The monoisotopic (exact) mass is 336 g/mol. The van der Waals surface area contributed by atoms with E-state index in [0.717, 1.165) is 37.5 Å². The second-order valence-corrected chi connectivity index (χ2v) is 6.91. The lowest BCUT2D eigenvalue weighted by Gasteiger charge is -2.32. The van der Waals surface area contributed by atoms with Crippen LogP contribution in [0.5, 0.6) is 0 Å². The summed E-state index contributed by atoms with van der Waals surface area (Å²) in [5, 5.41) is 3.47. The predicted octanol–water partition coefficient (Wildman–Crippen LogP) is 2.99. The number of hydrogen-bond acceptors (Lipinski definition) is 5. The molecule has 0 atom stereocenters. The minimum atomic E-state index is 0.683. The van der Waals surface area contributed by atoms with E-state index in [1.165, 1.54) is 24.0 Å². The number of aromatic nitrogens is 4. The second kappa shape index (κ2) is 7.19. The van der Waals surface area contributed by atoms with Crippen LogP contribution >= 0.6 is 0 Å². The van der Waals surface area contributed by atoms with Gasteiger partial charge in [0, 0.05) is 13.1 Å². The Bertz CT molecular complexity index is 817. The fraction of sp³-hybridized carbons (Fsp3) is 0.421. The van der Waals surface area contributed by atoms with Crippen molar-refractivity contribution in [2.24, 2.45) is 5.92 Å². The molecule has 1 aromatic carbocycles. The minimum Gasteiger partial charge on any atom is -0.368 e. The zero-order chi connectivity index (χ0) is 17.1. The van der Waals surface area contributed by atoms with Gasteiger partial charge < -0.3 is 10.3 Å². The van der Waals surface area contributed by atoms with Crippen LogP contribution in [0.3, 0.4) is 0 Å². The van der Waals surface area contributed by atoms with Crippen molar-refractivity contribution in [3.05, 3.63) is 48.0 Å². The fourth-order valence-corrected chi connectivity index (χ4v) is 3.44. The van der Waals surface area contributed by atoms with E-state index in [1.807, 2.05) is 0 Å². The van der Waals surface area contributed by atoms with E-state index in [1.54, 1.807) is 12.7 Å². The van der Waals surface area contributed by atoms with Gasteiger partial charge in [0.25, 0.3) is 0 Å². The zero-order valence-corrected chi connectivity index (χ0v) is 14.6. The number of likely N-dealkylation sites (tertiary alicyclic amines) is 1. The summed E-state index contributed by atoms with van der Waals surface area (Å²) in [6.07, 6.45) is 5.66. The highest BCUT2D eigenvalue weighted by Gasteiger charge is 2.19. The molecule has 2 N–H and O–H groups in total. The summed E-state index contributed by atoms with van der Waals surface area (Å²) in [5.74, 6) is 1.53. The zero-order valence-electron chi connectivity index (χ0n) is 14.6. The SMILES string of the molecule is Cc1ccc(CN2CCC(CNc3ncnc4nc[nH]c34)CC2)cc1.